The molecule has 2 aliphatic carbocycles. The molecular weight excluding hydrogens is 632 g/mol. The molecule has 48 heavy (non-hydrogen) atoms. The SMILES string of the molecule is C#CCCC(NC(=O)[C@@H]1[C@H]2CCC3(CC3)[C@H]2CN1C(=O)[C@@H](NC(=O)N[C@H](CN(C)S(C)=O)C(C)(C)C)C(C)(C)C)C(=O)C(=O)NCC=C. The lowest BCUT2D eigenvalue weighted by Gasteiger charge is -2.38. The van der Waals surface area contributed by atoms with Gasteiger partial charge in [0.15, 0.2) is 0 Å². The van der Waals surface area contributed by atoms with E-state index < -0.39 is 58.2 Å². The molecular formula is C35H56N6O6S. The van der Waals surface area contributed by atoms with Crippen LogP contribution in [0.2, 0.25) is 0 Å². The zero-order valence-electron chi connectivity index (χ0n) is 29.9. The molecule has 2 saturated carbocycles. The molecule has 2 unspecified atom stereocenters. The summed E-state index contributed by atoms with van der Waals surface area (Å²) in [6, 6.07) is -3.93. The molecule has 0 radical (unpaired) electrons. The van der Waals surface area contributed by atoms with Crippen LogP contribution in [0, 0.1) is 40.4 Å². The summed E-state index contributed by atoms with van der Waals surface area (Å²) in [4.78, 5) is 69.5. The number of carbonyl (C=O) groups excluding carboxylic acids is 5. The van der Waals surface area contributed by atoms with Crippen LogP contribution >= 0.6 is 0 Å². The Morgan fingerprint density at radius 2 is 1.71 bits per heavy atom. The molecule has 3 aliphatic rings. The Labute approximate surface area is 288 Å². The number of amides is 5. The van der Waals surface area contributed by atoms with Gasteiger partial charge in [-0.25, -0.2) is 13.3 Å². The molecule has 0 bridgehead atoms. The van der Waals surface area contributed by atoms with E-state index >= 15 is 0 Å². The standard InChI is InChI=1S/C35H56N6O6S/c1-11-13-14-24(27(42)30(44)36-19-12-2)37-29(43)26-22-15-16-35(17-18-35)23(22)20-41(26)31(45)28(34(6,7)8)39-32(46)38-25(33(3,4)5)21-40(9)48(10)47/h1,12,22-26,28H,2,13-21H2,3-10H3,(H,36,44)(H,37,43)(H2,38,39,46)/t22-,23-,24?,25+,26-,28+,48?/m0/s1. The van der Waals surface area contributed by atoms with Crippen molar-refractivity contribution in [2.75, 3.05) is 32.9 Å². The van der Waals surface area contributed by atoms with E-state index in [4.69, 9.17) is 6.42 Å². The number of likely N-dealkylation sites (N-methyl/N-ethyl adjacent to an activating group) is 1. The quantitative estimate of drug-likeness (QED) is 0.125. The predicted octanol–water partition coefficient (Wildman–Crippen LogP) is 2.13. The number of hydrogen-bond acceptors (Lipinski definition) is 6. The van der Waals surface area contributed by atoms with E-state index in [0.29, 0.717) is 13.1 Å². The van der Waals surface area contributed by atoms with E-state index in [1.807, 2.05) is 41.5 Å². The Morgan fingerprint density at radius 1 is 1.06 bits per heavy atom. The Morgan fingerprint density at radius 3 is 2.23 bits per heavy atom. The Hall–Kier alpha value is -3.24. The lowest BCUT2D eigenvalue weighted by molar-refractivity contribution is -0.144. The summed E-state index contributed by atoms with van der Waals surface area (Å²) in [6.45, 7) is 15.8. The molecule has 1 heterocycles. The Kier molecular flexibility index (Phi) is 12.7. The lowest BCUT2D eigenvalue weighted by atomic mass is 9.85. The van der Waals surface area contributed by atoms with Crippen molar-refractivity contribution in [3.05, 3.63) is 12.7 Å². The third-order valence-electron chi connectivity index (χ3n) is 10.3. The van der Waals surface area contributed by atoms with Crippen LogP contribution in [-0.4, -0.2) is 100 Å². The third-order valence-corrected chi connectivity index (χ3v) is 11.3. The monoisotopic (exact) mass is 688 g/mol. The van der Waals surface area contributed by atoms with E-state index in [1.54, 1.807) is 22.5 Å². The number of fused-ring (bicyclic) bond motifs is 2. The fraction of sp³-hybridized carbons (Fsp3) is 0.743. The van der Waals surface area contributed by atoms with Crippen LogP contribution in [0.15, 0.2) is 12.7 Å². The lowest BCUT2D eigenvalue weighted by Crippen LogP contribution is -2.62. The van der Waals surface area contributed by atoms with Crippen LogP contribution < -0.4 is 21.3 Å². The zero-order valence-corrected chi connectivity index (χ0v) is 30.8. The number of Topliss-reactive ketones (excluding diaryl/α,β-unsaturated/α-hetero) is 1. The number of ketones is 1. The average molecular weight is 689 g/mol. The van der Waals surface area contributed by atoms with E-state index in [0.717, 1.165) is 25.7 Å². The number of nitrogens with one attached hydrogen (secondary N) is 4. The van der Waals surface area contributed by atoms with Gasteiger partial charge in [-0.15, -0.1) is 18.9 Å². The van der Waals surface area contributed by atoms with Gasteiger partial charge in [-0.3, -0.25) is 19.2 Å². The van der Waals surface area contributed by atoms with E-state index in [-0.39, 0.29) is 54.0 Å². The summed E-state index contributed by atoms with van der Waals surface area (Å²) < 4.78 is 13.7. The van der Waals surface area contributed by atoms with Crippen LogP contribution in [0.4, 0.5) is 4.79 Å². The largest absolute Gasteiger partial charge is 0.346 e. The van der Waals surface area contributed by atoms with Crippen molar-refractivity contribution in [3.63, 3.8) is 0 Å². The Balaban J connectivity index is 1.89. The van der Waals surface area contributed by atoms with Gasteiger partial charge in [-0.2, -0.15) is 0 Å². The van der Waals surface area contributed by atoms with Crippen LogP contribution in [0.5, 0.6) is 0 Å². The number of likely N-dealkylation sites (tertiary alicyclic amines) is 1. The van der Waals surface area contributed by atoms with Crippen molar-refractivity contribution in [2.24, 2.45) is 28.1 Å². The second-order valence-corrected chi connectivity index (χ2v) is 17.3. The number of hydrogen-bond donors (Lipinski definition) is 4. The molecule has 4 N–H and O–H groups in total. The highest BCUT2D eigenvalue weighted by atomic mass is 32.2. The van der Waals surface area contributed by atoms with Crippen molar-refractivity contribution >= 4 is 40.5 Å². The highest BCUT2D eigenvalue weighted by molar-refractivity contribution is 7.81. The molecule has 13 heteroatoms. The topological polar surface area (TPSA) is 157 Å². The summed E-state index contributed by atoms with van der Waals surface area (Å²) >= 11 is 0. The van der Waals surface area contributed by atoms with Crippen molar-refractivity contribution in [3.8, 4) is 12.3 Å². The minimum Gasteiger partial charge on any atom is -0.346 e. The average Bonchev–Trinajstić information content (AvgIpc) is 3.56. The highest BCUT2D eigenvalue weighted by Crippen LogP contribution is 2.66. The van der Waals surface area contributed by atoms with E-state index in [1.165, 1.54) is 6.08 Å². The molecule has 0 aromatic heterocycles. The van der Waals surface area contributed by atoms with Gasteiger partial charge in [0, 0.05) is 38.4 Å². The third kappa shape index (κ3) is 9.26. The molecule has 3 fully saturated rings. The molecule has 1 spiro atoms. The first-order valence-electron chi connectivity index (χ1n) is 16.9. The molecule has 5 amide bonds. The molecule has 0 aromatic rings. The summed E-state index contributed by atoms with van der Waals surface area (Å²) in [7, 11) is 0.484. The zero-order chi connectivity index (χ0) is 36.2. The van der Waals surface area contributed by atoms with Crippen molar-refractivity contribution < 1.29 is 28.2 Å². The van der Waals surface area contributed by atoms with Gasteiger partial charge in [0.05, 0.1) is 17.0 Å². The minimum absolute atomic E-state index is 0.0728. The summed E-state index contributed by atoms with van der Waals surface area (Å²) in [5, 5.41) is 11.2. The van der Waals surface area contributed by atoms with Crippen molar-refractivity contribution in [1.82, 2.24) is 30.5 Å². The molecule has 1 saturated heterocycles. The number of nitrogens with zero attached hydrogens (tertiary/aromatic N) is 2. The first-order valence-corrected chi connectivity index (χ1v) is 18.4. The second kappa shape index (κ2) is 15.5. The Bertz CT molecular complexity index is 1330. The van der Waals surface area contributed by atoms with Crippen LogP contribution in [-0.2, 0) is 30.2 Å². The van der Waals surface area contributed by atoms with Gasteiger partial charge in [0.2, 0.25) is 17.6 Å². The smallest absolute Gasteiger partial charge is 0.315 e. The first kappa shape index (κ1) is 39.2. The van der Waals surface area contributed by atoms with Gasteiger partial charge in [-0.1, -0.05) is 47.6 Å². The normalized spacial score (nSPS) is 23.7. The molecule has 268 valence electrons. The van der Waals surface area contributed by atoms with Gasteiger partial charge in [0.25, 0.3) is 5.91 Å². The maximum atomic E-state index is 14.6. The van der Waals surface area contributed by atoms with Crippen LogP contribution in [0.25, 0.3) is 0 Å². The van der Waals surface area contributed by atoms with Gasteiger partial charge in [-0.05, 0) is 67.2 Å². The van der Waals surface area contributed by atoms with Gasteiger partial charge in [0.1, 0.15) is 12.1 Å². The number of rotatable bonds is 14. The molecule has 12 nitrogen and oxygen atoms in total. The predicted molar refractivity (Wildman–Crippen MR) is 186 cm³/mol. The first-order chi connectivity index (χ1) is 22.3. The van der Waals surface area contributed by atoms with Crippen LogP contribution in [0.1, 0.15) is 80.1 Å². The fourth-order valence-electron chi connectivity index (χ4n) is 7.11. The molecule has 1 aliphatic heterocycles. The number of terminal acetylenes is 1. The minimum atomic E-state index is -1.23. The van der Waals surface area contributed by atoms with Gasteiger partial charge < -0.3 is 26.2 Å². The number of urea groups is 1. The molecule has 0 aromatic carbocycles. The van der Waals surface area contributed by atoms with Crippen molar-refractivity contribution in [1.29, 1.82) is 0 Å². The maximum absolute atomic E-state index is 14.6. The highest BCUT2D eigenvalue weighted by Gasteiger charge is 2.64. The maximum Gasteiger partial charge on any atom is 0.315 e. The molecule has 3 rings (SSSR count). The summed E-state index contributed by atoms with van der Waals surface area (Å²) in [5.74, 6) is -0.0530. The summed E-state index contributed by atoms with van der Waals surface area (Å²) in [6.07, 6.45) is 12.6. The second-order valence-electron chi connectivity index (χ2n) is 15.8. The summed E-state index contributed by atoms with van der Waals surface area (Å²) in [5.41, 5.74) is -0.997. The fourth-order valence-corrected chi connectivity index (χ4v) is 7.47. The van der Waals surface area contributed by atoms with E-state index in [9.17, 15) is 28.2 Å². The number of carbonyl (C=O) groups is 5. The van der Waals surface area contributed by atoms with Crippen molar-refractivity contribution in [2.45, 2.75) is 104 Å². The van der Waals surface area contributed by atoms with Crippen LogP contribution in [0.3, 0.4) is 0 Å². The molecule has 7 atom stereocenters. The van der Waals surface area contributed by atoms with E-state index in [2.05, 4.69) is 33.8 Å². The van der Waals surface area contributed by atoms with Gasteiger partial charge >= 0.3 is 6.03 Å².